The molecule has 178 valence electrons. The average Bonchev–Trinajstić information content (AvgIpc) is 3.33. The van der Waals surface area contributed by atoms with Crippen molar-refractivity contribution in [2.24, 2.45) is 5.92 Å². The number of fused-ring (bicyclic) bond motifs is 2. The third-order valence-electron chi connectivity index (χ3n) is 5.52. The molecule has 0 aliphatic rings. The number of aromatic nitrogens is 3. The van der Waals surface area contributed by atoms with E-state index in [4.69, 9.17) is 5.73 Å². The largest absolute Gasteiger partial charge is 0.394 e. The number of nitrogens with zero attached hydrogens (tertiary/aromatic N) is 3. The lowest BCUT2D eigenvalue weighted by Crippen LogP contribution is -2.39. The van der Waals surface area contributed by atoms with E-state index in [9.17, 15) is 14.7 Å². The van der Waals surface area contributed by atoms with Crippen molar-refractivity contribution in [3.63, 3.8) is 0 Å². The van der Waals surface area contributed by atoms with Crippen LogP contribution in [0, 0.1) is 12.8 Å². The summed E-state index contributed by atoms with van der Waals surface area (Å²) in [5, 5.41) is 15.9. The molecule has 2 amide bonds. The van der Waals surface area contributed by atoms with Gasteiger partial charge in [-0.3, -0.25) is 14.0 Å². The summed E-state index contributed by atoms with van der Waals surface area (Å²) in [6.45, 7) is 5.98. The van der Waals surface area contributed by atoms with Crippen molar-refractivity contribution < 1.29 is 14.7 Å². The van der Waals surface area contributed by atoms with Gasteiger partial charge < -0.3 is 21.5 Å². The molecule has 0 spiro atoms. The molecule has 0 radical (unpaired) electrons. The molecule has 3 heterocycles. The van der Waals surface area contributed by atoms with Crippen LogP contribution in [0.5, 0.6) is 0 Å². The smallest absolute Gasteiger partial charge is 0.270 e. The highest BCUT2D eigenvalue weighted by Crippen LogP contribution is 2.24. The molecular formula is C24H28N6O3S. The van der Waals surface area contributed by atoms with Gasteiger partial charge in [-0.15, -0.1) is 0 Å². The number of pyridine rings is 1. The molecule has 0 saturated carbocycles. The second-order valence-electron chi connectivity index (χ2n) is 8.68. The molecule has 0 unspecified atom stereocenters. The number of aliphatic hydroxyl groups excluding tert-OH is 1. The van der Waals surface area contributed by atoms with Gasteiger partial charge in [-0.2, -0.15) is 0 Å². The van der Waals surface area contributed by atoms with Crippen molar-refractivity contribution in [1.29, 1.82) is 0 Å². The van der Waals surface area contributed by atoms with Gasteiger partial charge in [0.05, 0.1) is 34.1 Å². The van der Waals surface area contributed by atoms with Crippen molar-refractivity contribution in [3.8, 4) is 0 Å². The number of hydrogen-bond acceptors (Lipinski definition) is 7. The SMILES string of the molecule is Cc1nc2c(C(=O)NCc3ccc4nc(N)sc4c3)cccn2c1C(=O)N[C@H](CO)CC(C)C. The molecular weight excluding hydrogens is 452 g/mol. The zero-order chi connectivity index (χ0) is 24.4. The van der Waals surface area contributed by atoms with Crippen molar-refractivity contribution in [2.45, 2.75) is 39.8 Å². The highest BCUT2D eigenvalue weighted by atomic mass is 32.1. The Morgan fingerprint density at radius 1 is 1.21 bits per heavy atom. The molecule has 4 aromatic rings. The third kappa shape index (κ3) is 4.87. The van der Waals surface area contributed by atoms with Gasteiger partial charge in [0.15, 0.2) is 10.8 Å². The zero-order valence-electron chi connectivity index (χ0n) is 19.3. The van der Waals surface area contributed by atoms with E-state index in [0.717, 1.165) is 15.8 Å². The average molecular weight is 481 g/mol. The Bertz CT molecular complexity index is 1360. The molecule has 34 heavy (non-hydrogen) atoms. The number of thiazole rings is 1. The molecule has 5 N–H and O–H groups in total. The molecule has 0 bridgehead atoms. The molecule has 1 aromatic carbocycles. The second kappa shape index (κ2) is 9.78. The molecule has 0 aliphatic carbocycles. The van der Waals surface area contributed by atoms with E-state index in [1.165, 1.54) is 11.3 Å². The summed E-state index contributed by atoms with van der Waals surface area (Å²) in [5.74, 6) is -0.302. The van der Waals surface area contributed by atoms with Crippen molar-refractivity contribution in [3.05, 3.63) is 59.0 Å². The first-order valence-electron chi connectivity index (χ1n) is 11.1. The number of imidazole rings is 1. The number of hydrogen-bond donors (Lipinski definition) is 4. The summed E-state index contributed by atoms with van der Waals surface area (Å²) in [5.41, 5.74) is 9.15. The zero-order valence-corrected chi connectivity index (χ0v) is 20.1. The Kier molecular flexibility index (Phi) is 6.80. The van der Waals surface area contributed by atoms with Crippen LogP contribution >= 0.6 is 11.3 Å². The van der Waals surface area contributed by atoms with Crippen LogP contribution in [0.3, 0.4) is 0 Å². The number of aryl methyl sites for hydroxylation is 1. The van der Waals surface area contributed by atoms with Gasteiger partial charge in [0.25, 0.3) is 11.8 Å². The number of anilines is 1. The number of rotatable bonds is 8. The minimum atomic E-state index is -0.352. The summed E-state index contributed by atoms with van der Waals surface area (Å²) in [6, 6.07) is 8.78. The Labute approximate surface area is 201 Å². The lowest BCUT2D eigenvalue weighted by atomic mass is 10.0. The minimum Gasteiger partial charge on any atom is -0.394 e. The van der Waals surface area contributed by atoms with E-state index < -0.39 is 0 Å². The third-order valence-corrected chi connectivity index (χ3v) is 6.37. The minimum absolute atomic E-state index is 0.146. The maximum absolute atomic E-state index is 13.0. The Hall–Kier alpha value is -3.50. The van der Waals surface area contributed by atoms with E-state index in [2.05, 4.69) is 20.6 Å². The second-order valence-corrected chi connectivity index (χ2v) is 9.74. The first kappa shape index (κ1) is 23.7. The fraction of sp³-hybridized carbons (Fsp3) is 0.333. The van der Waals surface area contributed by atoms with Crippen molar-refractivity contribution >= 4 is 44.1 Å². The van der Waals surface area contributed by atoms with Crippen molar-refractivity contribution in [2.75, 3.05) is 12.3 Å². The van der Waals surface area contributed by atoms with E-state index >= 15 is 0 Å². The molecule has 0 aliphatic heterocycles. The Morgan fingerprint density at radius 2 is 2.00 bits per heavy atom. The fourth-order valence-corrected chi connectivity index (χ4v) is 4.81. The molecule has 0 saturated heterocycles. The van der Waals surface area contributed by atoms with Crippen molar-refractivity contribution in [1.82, 2.24) is 25.0 Å². The molecule has 0 fully saturated rings. The Morgan fingerprint density at radius 3 is 2.74 bits per heavy atom. The number of carbonyl (C=O) groups is 2. The van der Waals surface area contributed by atoms with Gasteiger partial charge in [-0.1, -0.05) is 31.3 Å². The first-order valence-corrected chi connectivity index (χ1v) is 11.9. The van der Waals surface area contributed by atoms with E-state index in [1.807, 2.05) is 32.0 Å². The van der Waals surface area contributed by atoms with Crippen LogP contribution in [0.1, 0.15) is 52.4 Å². The lowest BCUT2D eigenvalue weighted by molar-refractivity contribution is 0.0899. The summed E-state index contributed by atoms with van der Waals surface area (Å²) < 4.78 is 2.58. The highest BCUT2D eigenvalue weighted by Gasteiger charge is 2.23. The van der Waals surface area contributed by atoms with Crippen LogP contribution in [-0.2, 0) is 6.54 Å². The van der Waals surface area contributed by atoms with Crippen LogP contribution in [0.15, 0.2) is 36.5 Å². The van der Waals surface area contributed by atoms with Crippen LogP contribution < -0.4 is 16.4 Å². The number of amides is 2. The maximum atomic E-state index is 13.0. The molecule has 9 nitrogen and oxygen atoms in total. The monoisotopic (exact) mass is 480 g/mol. The number of benzene rings is 1. The summed E-state index contributed by atoms with van der Waals surface area (Å²) in [7, 11) is 0. The predicted molar refractivity (Wildman–Crippen MR) is 133 cm³/mol. The van der Waals surface area contributed by atoms with Crippen LogP contribution in [-0.4, -0.2) is 43.9 Å². The highest BCUT2D eigenvalue weighted by molar-refractivity contribution is 7.22. The topological polar surface area (TPSA) is 135 Å². The van der Waals surface area contributed by atoms with Gasteiger partial charge in [-0.25, -0.2) is 9.97 Å². The van der Waals surface area contributed by atoms with Crippen LogP contribution in [0.4, 0.5) is 5.13 Å². The number of nitrogens with two attached hydrogens (primary N) is 1. The number of nitrogens with one attached hydrogen (secondary N) is 2. The van der Waals surface area contributed by atoms with Crippen LogP contribution in [0.25, 0.3) is 15.9 Å². The van der Waals surface area contributed by atoms with E-state index in [0.29, 0.717) is 46.6 Å². The summed E-state index contributed by atoms with van der Waals surface area (Å²) in [6.07, 6.45) is 2.37. The standard InChI is InChI=1S/C24H28N6O3S/c1-13(2)9-16(12-31)28-23(33)20-14(3)27-21-17(5-4-8-30(20)21)22(32)26-11-15-6-7-18-19(10-15)34-24(25)29-18/h4-8,10,13,16,31H,9,11-12H2,1-3H3,(H2,25,29)(H,26,32)(H,28,33)/t16-/m0/s1. The first-order chi connectivity index (χ1) is 16.3. The normalized spacial score (nSPS) is 12.4. The van der Waals surface area contributed by atoms with E-state index in [-0.39, 0.29) is 24.5 Å². The predicted octanol–water partition coefficient (Wildman–Crippen LogP) is 2.90. The Balaban J connectivity index is 1.54. The van der Waals surface area contributed by atoms with E-state index in [1.54, 1.807) is 29.7 Å². The number of nitrogen functional groups attached to an aromatic ring is 1. The molecule has 4 rings (SSSR count). The number of aliphatic hydroxyl groups is 1. The molecule has 10 heteroatoms. The lowest BCUT2D eigenvalue weighted by Gasteiger charge is -2.18. The van der Waals surface area contributed by atoms with Crippen LogP contribution in [0.2, 0.25) is 0 Å². The van der Waals surface area contributed by atoms with Gasteiger partial charge in [-0.05, 0) is 49.1 Å². The molecule has 1 atom stereocenters. The molecule has 3 aromatic heterocycles. The quantitative estimate of drug-likeness (QED) is 0.306. The summed E-state index contributed by atoms with van der Waals surface area (Å²) in [4.78, 5) is 34.8. The fourth-order valence-electron chi connectivity index (χ4n) is 4.01. The van der Waals surface area contributed by atoms with Gasteiger partial charge in [0.1, 0.15) is 5.69 Å². The maximum Gasteiger partial charge on any atom is 0.270 e. The van der Waals surface area contributed by atoms with Gasteiger partial charge in [0.2, 0.25) is 0 Å². The van der Waals surface area contributed by atoms with Gasteiger partial charge >= 0.3 is 0 Å². The van der Waals surface area contributed by atoms with Gasteiger partial charge in [0, 0.05) is 12.7 Å². The number of carbonyl (C=O) groups excluding carboxylic acids is 2. The summed E-state index contributed by atoms with van der Waals surface area (Å²) >= 11 is 1.40.